The highest BCUT2D eigenvalue weighted by Gasteiger charge is 2.11. The van der Waals surface area contributed by atoms with Crippen LogP contribution in [-0.2, 0) is 0 Å². The summed E-state index contributed by atoms with van der Waals surface area (Å²) in [5.74, 6) is 0.645. The minimum absolute atomic E-state index is 0.0435. The van der Waals surface area contributed by atoms with Crippen LogP contribution in [-0.4, -0.2) is 17.3 Å². The van der Waals surface area contributed by atoms with Gasteiger partial charge in [0.2, 0.25) is 0 Å². The summed E-state index contributed by atoms with van der Waals surface area (Å²) in [7, 11) is 1.54. The van der Waals surface area contributed by atoms with E-state index in [1.54, 1.807) is 43.5 Å². The van der Waals surface area contributed by atoms with Gasteiger partial charge in [-0.1, -0.05) is 48.5 Å². The van der Waals surface area contributed by atoms with E-state index >= 15 is 0 Å². The van der Waals surface area contributed by atoms with Crippen LogP contribution < -0.4 is 10.1 Å². The first-order chi connectivity index (χ1) is 20.5. The highest BCUT2D eigenvalue weighted by atomic mass is 16.5. The molecule has 0 radical (unpaired) electrons. The molecular weight excluding hydrogens is 526 g/mol. The van der Waals surface area contributed by atoms with E-state index in [2.05, 4.69) is 25.8 Å². The zero-order valence-electron chi connectivity index (χ0n) is 23.0. The molecule has 8 nitrogen and oxygen atoms in total. The Labute approximate surface area is 242 Å². The van der Waals surface area contributed by atoms with Crippen LogP contribution in [0.3, 0.4) is 0 Å². The molecule has 0 spiro atoms. The molecule has 0 aliphatic carbocycles. The fourth-order valence-corrected chi connectivity index (χ4v) is 4.76. The Bertz CT molecular complexity index is 1980. The summed E-state index contributed by atoms with van der Waals surface area (Å²) in [6.07, 6.45) is 0. The summed E-state index contributed by atoms with van der Waals surface area (Å²) < 4.78 is 5.57. The first-order valence-electron chi connectivity index (χ1n) is 13.3. The van der Waals surface area contributed by atoms with Crippen molar-refractivity contribution < 1.29 is 14.9 Å². The summed E-state index contributed by atoms with van der Waals surface area (Å²) in [6.45, 7) is 1.89. The number of anilines is 2. The van der Waals surface area contributed by atoms with Gasteiger partial charge in [0.05, 0.1) is 23.9 Å². The Balaban J connectivity index is 1.26. The average molecular weight is 554 g/mol. The standard InChI is InChI=1S/C34H27N5O3/c1-21-18-30(32(42-2)20-29(21)38-36-27-12-6-8-22-9-7-13-31(40)33(22)27)39-37-28-17-14-23-19-25(15-16-26(23)34(28)41)35-24-10-4-3-5-11-24/h3-20,35,40-41H,1-2H3. The van der Waals surface area contributed by atoms with E-state index in [4.69, 9.17) is 4.74 Å². The van der Waals surface area contributed by atoms with Gasteiger partial charge < -0.3 is 20.3 Å². The van der Waals surface area contributed by atoms with E-state index in [1.165, 1.54) is 0 Å². The lowest BCUT2D eigenvalue weighted by atomic mass is 10.1. The van der Waals surface area contributed by atoms with Gasteiger partial charge in [0, 0.05) is 22.8 Å². The molecule has 0 atom stereocenters. The van der Waals surface area contributed by atoms with Crippen molar-refractivity contribution in [3.8, 4) is 17.2 Å². The van der Waals surface area contributed by atoms with Gasteiger partial charge in [-0.05, 0) is 77.9 Å². The molecule has 206 valence electrons. The largest absolute Gasteiger partial charge is 0.507 e. The molecule has 6 aromatic rings. The van der Waals surface area contributed by atoms with Gasteiger partial charge in [-0.15, -0.1) is 15.3 Å². The van der Waals surface area contributed by atoms with Crippen LogP contribution in [0.4, 0.5) is 34.1 Å². The summed E-state index contributed by atoms with van der Waals surface area (Å²) in [5.41, 5.74) is 4.67. The number of phenols is 2. The molecule has 0 amide bonds. The minimum Gasteiger partial charge on any atom is -0.507 e. The van der Waals surface area contributed by atoms with Gasteiger partial charge >= 0.3 is 0 Å². The number of methoxy groups -OCH3 is 1. The fraction of sp³-hybridized carbons (Fsp3) is 0.0588. The van der Waals surface area contributed by atoms with Crippen molar-refractivity contribution >= 4 is 55.7 Å². The maximum absolute atomic E-state index is 11.0. The number of hydrogen-bond acceptors (Lipinski definition) is 8. The molecule has 0 saturated carbocycles. The van der Waals surface area contributed by atoms with Crippen molar-refractivity contribution in [1.82, 2.24) is 0 Å². The molecule has 6 aromatic carbocycles. The van der Waals surface area contributed by atoms with E-state index in [0.717, 1.165) is 27.7 Å². The topological polar surface area (TPSA) is 111 Å². The quantitative estimate of drug-likeness (QED) is 0.171. The lowest BCUT2D eigenvalue weighted by Crippen LogP contribution is -1.89. The van der Waals surface area contributed by atoms with Crippen molar-refractivity contribution in [3.05, 3.63) is 115 Å². The second-order valence-electron chi connectivity index (χ2n) is 9.72. The van der Waals surface area contributed by atoms with Gasteiger partial charge in [0.25, 0.3) is 0 Å². The number of phenolic OH excluding ortho intramolecular Hbond substituents is 2. The SMILES string of the molecule is COc1cc(N=Nc2cccc3cccc(O)c23)c(C)cc1N=Nc1ccc2cc(Nc3ccccc3)ccc2c1O. The third-order valence-electron chi connectivity index (χ3n) is 6.92. The Kier molecular flexibility index (Phi) is 7.17. The predicted octanol–water partition coefficient (Wildman–Crippen LogP) is 10.3. The zero-order chi connectivity index (χ0) is 29.1. The van der Waals surface area contributed by atoms with Gasteiger partial charge in [-0.3, -0.25) is 0 Å². The number of fused-ring (bicyclic) bond motifs is 2. The van der Waals surface area contributed by atoms with Gasteiger partial charge in [-0.2, -0.15) is 5.11 Å². The van der Waals surface area contributed by atoms with Crippen LogP contribution in [0.5, 0.6) is 17.2 Å². The molecule has 0 aliphatic rings. The van der Waals surface area contributed by atoms with Crippen molar-refractivity contribution in [2.24, 2.45) is 20.5 Å². The van der Waals surface area contributed by atoms with Crippen molar-refractivity contribution in [2.75, 3.05) is 12.4 Å². The number of para-hydroxylation sites is 1. The molecule has 0 bridgehead atoms. The first kappa shape index (κ1) is 26.5. The number of benzene rings is 6. The van der Waals surface area contributed by atoms with Crippen LogP contribution in [0.2, 0.25) is 0 Å². The summed E-state index contributed by atoms with van der Waals surface area (Å²) >= 11 is 0. The van der Waals surface area contributed by atoms with Crippen molar-refractivity contribution in [1.29, 1.82) is 0 Å². The Morgan fingerprint density at radius 3 is 2.14 bits per heavy atom. The predicted molar refractivity (Wildman–Crippen MR) is 167 cm³/mol. The van der Waals surface area contributed by atoms with Crippen LogP contribution in [0, 0.1) is 6.92 Å². The maximum atomic E-state index is 11.0. The molecule has 3 N–H and O–H groups in total. The molecule has 0 saturated heterocycles. The van der Waals surface area contributed by atoms with Gasteiger partial charge in [0.1, 0.15) is 22.9 Å². The van der Waals surface area contributed by atoms with Crippen LogP contribution in [0.1, 0.15) is 5.56 Å². The first-order valence-corrected chi connectivity index (χ1v) is 13.3. The molecule has 0 fully saturated rings. The van der Waals surface area contributed by atoms with Gasteiger partial charge in [0.15, 0.2) is 5.75 Å². The monoisotopic (exact) mass is 553 g/mol. The maximum Gasteiger partial charge on any atom is 0.150 e. The third kappa shape index (κ3) is 5.33. The molecule has 42 heavy (non-hydrogen) atoms. The average Bonchev–Trinajstić information content (AvgIpc) is 3.01. The molecule has 8 heteroatoms. The minimum atomic E-state index is 0.0435. The third-order valence-corrected chi connectivity index (χ3v) is 6.92. The smallest absolute Gasteiger partial charge is 0.150 e. The Morgan fingerprint density at radius 1 is 0.595 bits per heavy atom. The van der Waals surface area contributed by atoms with Crippen molar-refractivity contribution in [3.63, 3.8) is 0 Å². The fourth-order valence-electron chi connectivity index (χ4n) is 4.76. The number of nitrogens with zero attached hydrogens (tertiary/aromatic N) is 4. The normalized spacial score (nSPS) is 11.6. The number of azo groups is 2. The number of aromatic hydroxyl groups is 2. The summed E-state index contributed by atoms with van der Waals surface area (Å²) in [4.78, 5) is 0. The number of ether oxygens (including phenoxy) is 1. The van der Waals surface area contributed by atoms with E-state index < -0.39 is 0 Å². The summed E-state index contributed by atoms with van der Waals surface area (Å²) in [6, 6.07) is 33.7. The molecule has 0 aromatic heterocycles. The second-order valence-corrected chi connectivity index (χ2v) is 9.72. The number of rotatable bonds is 7. The molecule has 6 rings (SSSR count). The Morgan fingerprint density at radius 2 is 1.33 bits per heavy atom. The molecule has 0 heterocycles. The zero-order valence-corrected chi connectivity index (χ0v) is 23.0. The number of hydrogen-bond donors (Lipinski definition) is 3. The van der Waals surface area contributed by atoms with Crippen LogP contribution >= 0.6 is 0 Å². The highest BCUT2D eigenvalue weighted by molar-refractivity contribution is 5.97. The van der Waals surface area contributed by atoms with Gasteiger partial charge in [-0.25, -0.2) is 0 Å². The Hall–Kier alpha value is -5.76. The van der Waals surface area contributed by atoms with Crippen molar-refractivity contribution in [2.45, 2.75) is 6.92 Å². The van der Waals surface area contributed by atoms with E-state index in [0.29, 0.717) is 39.3 Å². The molecular formula is C34H27N5O3. The lowest BCUT2D eigenvalue weighted by Gasteiger charge is -2.10. The second kappa shape index (κ2) is 11.4. The lowest BCUT2D eigenvalue weighted by molar-refractivity contribution is 0.416. The van der Waals surface area contributed by atoms with E-state index in [1.807, 2.05) is 79.7 Å². The van der Waals surface area contributed by atoms with E-state index in [9.17, 15) is 10.2 Å². The van der Waals surface area contributed by atoms with Crippen LogP contribution in [0.15, 0.2) is 130 Å². The van der Waals surface area contributed by atoms with Crippen LogP contribution in [0.25, 0.3) is 21.5 Å². The summed E-state index contributed by atoms with van der Waals surface area (Å²) in [5, 5.41) is 45.3. The molecule has 0 aliphatic heterocycles. The number of nitrogens with one attached hydrogen (secondary N) is 1. The van der Waals surface area contributed by atoms with E-state index in [-0.39, 0.29) is 11.5 Å². The molecule has 0 unspecified atom stereocenters. The number of aryl methyl sites for hydroxylation is 1. The highest BCUT2D eigenvalue weighted by Crippen LogP contribution is 2.40.